The van der Waals surface area contributed by atoms with E-state index in [0.29, 0.717) is 24.1 Å². The van der Waals surface area contributed by atoms with E-state index in [0.717, 1.165) is 0 Å². The first kappa shape index (κ1) is 16.0. The van der Waals surface area contributed by atoms with Gasteiger partial charge in [0.05, 0.1) is 27.4 Å². The quantitative estimate of drug-likeness (QED) is 0.759. The lowest BCUT2D eigenvalue weighted by molar-refractivity contribution is -0.141. The van der Waals surface area contributed by atoms with Crippen molar-refractivity contribution in [1.82, 2.24) is 9.97 Å². The summed E-state index contributed by atoms with van der Waals surface area (Å²) in [5.41, 5.74) is 0. The van der Waals surface area contributed by atoms with Crippen LogP contribution in [0.2, 0.25) is 0 Å². The highest BCUT2D eigenvalue weighted by atomic mass is 16.5. The van der Waals surface area contributed by atoms with Crippen molar-refractivity contribution in [1.29, 1.82) is 0 Å². The van der Waals surface area contributed by atoms with Crippen LogP contribution in [0.4, 0.5) is 5.95 Å². The normalized spacial score (nSPS) is 11.9. The zero-order valence-electron chi connectivity index (χ0n) is 12.5. The van der Waals surface area contributed by atoms with Gasteiger partial charge < -0.3 is 19.5 Å². The standard InChI is InChI=1S/C13H21N3O4/c1-8(2)6-9(12(17)20-5)14-13-15-10(18-3)7-11(16-13)19-4/h7-9H,6H2,1-5H3,(H,14,15,16). The first-order chi connectivity index (χ1) is 9.49. The summed E-state index contributed by atoms with van der Waals surface area (Å²) in [4.78, 5) is 20.0. The molecule has 0 bridgehead atoms. The minimum absolute atomic E-state index is 0.261. The summed E-state index contributed by atoms with van der Waals surface area (Å²) in [5.74, 6) is 0.931. The van der Waals surface area contributed by atoms with Gasteiger partial charge in [0.25, 0.3) is 0 Å². The van der Waals surface area contributed by atoms with Crippen LogP contribution >= 0.6 is 0 Å². The van der Waals surface area contributed by atoms with E-state index in [1.807, 2.05) is 13.8 Å². The molecule has 0 aliphatic carbocycles. The highest BCUT2D eigenvalue weighted by Gasteiger charge is 2.22. The van der Waals surface area contributed by atoms with Crippen LogP contribution in [-0.2, 0) is 9.53 Å². The Labute approximate surface area is 118 Å². The molecule has 1 atom stereocenters. The largest absolute Gasteiger partial charge is 0.481 e. The average Bonchev–Trinajstić information content (AvgIpc) is 2.44. The van der Waals surface area contributed by atoms with Crippen LogP contribution in [0.15, 0.2) is 6.07 Å². The lowest BCUT2D eigenvalue weighted by Crippen LogP contribution is -2.32. The van der Waals surface area contributed by atoms with E-state index in [1.165, 1.54) is 21.3 Å². The average molecular weight is 283 g/mol. The van der Waals surface area contributed by atoms with Crippen LogP contribution in [0.25, 0.3) is 0 Å². The highest BCUT2D eigenvalue weighted by molar-refractivity contribution is 5.78. The summed E-state index contributed by atoms with van der Waals surface area (Å²) in [7, 11) is 4.35. The second kappa shape index (κ2) is 7.52. The third-order valence-electron chi connectivity index (χ3n) is 2.59. The minimum atomic E-state index is -0.517. The van der Waals surface area contributed by atoms with E-state index in [1.54, 1.807) is 6.07 Å². The van der Waals surface area contributed by atoms with Crippen LogP contribution in [0.3, 0.4) is 0 Å². The number of methoxy groups -OCH3 is 3. The van der Waals surface area contributed by atoms with Crippen molar-refractivity contribution in [2.75, 3.05) is 26.6 Å². The monoisotopic (exact) mass is 283 g/mol. The van der Waals surface area contributed by atoms with Gasteiger partial charge in [-0.1, -0.05) is 13.8 Å². The number of hydrogen-bond donors (Lipinski definition) is 1. The number of esters is 1. The topological polar surface area (TPSA) is 82.6 Å². The molecule has 7 heteroatoms. The second-order valence-corrected chi connectivity index (χ2v) is 4.63. The van der Waals surface area contributed by atoms with Crippen molar-refractivity contribution in [2.24, 2.45) is 5.92 Å². The number of nitrogens with one attached hydrogen (secondary N) is 1. The number of anilines is 1. The molecule has 7 nitrogen and oxygen atoms in total. The van der Waals surface area contributed by atoms with E-state index in [-0.39, 0.29) is 11.9 Å². The Morgan fingerprint density at radius 1 is 1.20 bits per heavy atom. The SMILES string of the molecule is COC(=O)C(CC(C)C)Nc1nc(OC)cc(OC)n1. The molecule has 0 radical (unpaired) electrons. The lowest BCUT2D eigenvalue weighted by Gasteiger charge is -2.18. The van der Waals surface area contributed by atoms with Crippen LogP contribution in [-0.4, -0.2) is 43.3 Å². The summed E-state index contributed by atoms with van der Waals surface area (Å²) in [6.45, 7) is 4.04. The van der Waals surface area contributed by atoms with Crippen LogP contribution < -0.4 is 14.8 Å². The van der Waals surface area contributed by atoms with Crippen molar-refractivity contribution >= 4 is 11.9 Å². The van der Waals surface area contributed by atoms with Crippen LogP contribution in [0, 0.1) is 5.92 Å². The fourth-order valence-corrected chi connectivity index (χ4v) is 1.66. The number of nitrogens with zero attached hydrogens (tertiary/aromatic N) is 2. The van der Waals surface area contributed by atoms with E-state index < -0.39 is 6.04 Å². The number of hydrogen-bond acceptors (Lipinski definition) is 7. The molecule has 0 fully saturated rings. The summed E-state index contributed by atoms with van der Waals surface area (Å²) < 4.78 is 14.9. The van der Waals surface area contributed by atoms with Crippen molar-refractivity contribution in [3.8, 4) is 11.8 Å². The smallest absolute Gasteiger partial charge is 0.328 e. The summed E-state index contributed by atoms with van der Waals surface area (Å²) in [5, 5.41) is 2.95. The molecular weight excluding hydrogens is 262 g/mol. The summed E-state index contributed by atoms with van der Waals surface area (Å²) in [6, 6.07) is 1.04. The molecule has 1 N–H and O–H groups in total. The Hall–Kier alpha value is -2.05. The number of aromatic nitrogens is 2. The molecule has 0 aliphatic rings. The minimum Gasteiger partial charge on any atom is -0.481 e. The van der Waals surface area contributed by atoms with Gasteiger partial charge in [-0.2, -0.15) is 9.97 Å². The lowest BCUT2D eigenvalue weighted by atomic mass is 10.0. The maximum absolute atomic E-state index is 11.8. The zero-order chi connectivity index (χ0) is 15.1. The van der Waals surface area contributed by atoms with Gasteiger partial charge in [0.15, 0.2) is 0 Å². The van der Waals surface area contributed by atoms with Crippen molar-refractivity contribution < 1.29 is 19.0 Å². The van der Waals surface area contributed by atoms with Crippen molar-refractivity contribution in [3.05, 3.63) is 6.07 Å². The molecule has 1 aromatic rings. The van der Waals surface area contributed by atoms with E-state index in [2.05, 4.69) is 15.3 Å². The Morgan fingerprint density at radius 2 is 1.75 bits per heavy atom. The first-order valence-corrected chi connectivity index (χ1v) is 6.31. The molecule has 1 heterocycles. The van der Waals surface area contributed by atoms with Gasteiger partial charge in [0.1, 0.15) is 6.04 Å². The van der Waals surface area contributed by atoms with Gasteiger partial charge in [-0.15, -0.1) is 0 Å². The second-order valence-electron chi connectivity index (χ2n) is 4.63. The van der Waals surface area contributed by atoms with E-state index >= 15 is 0 Å². The molecule has 1 unspecified atom stereocenters. The summed E-state index contributed by atoms with van der Waals surface area (Å²) in [6.07, 6.45) is 0.607. The third-order valence-corrected chi connectivity index (χ3v) is 2.59. The van der Waals surface area contributed by atoms with Crippen LogP contribution in [0.5, 0.6) is 11.8 Å². The van der Waals surface area contributed by atoms with Crippen LogP contribution in [0.1, 0.15) is 20.3 Å². The third kappa shape index (κ3) is 4.56. The maximum Gasteiger partial charge on any atom is 0.328 e. The Bertz CT molecular complexity index is 429. The highest BCUT2D eigenvalue weighted by Crippen LogP contribution is 2.19. The molecule has 0 amide bonds. The first-order valence-electron chi connectivity index (χ1n) is 6.31. The van der Waals surface area contributed by atoms with E-state index in [9.17, 15) is 4.79 Å². The fourth-order valence-electron chi connectivity index (χ4n) is 1.66. The molecule has 0 spiro atoms. The van der Waals surface area contributed by atoms with Crippen molar-refractivity contribution in [3.63, 3.8) is 0 Å². The molecule has 1 aromatic heterocycles. The number of carbonyl (C=O) groups excluding carboxylic acids is 1. The van der Waals surface area contributed by atoms with Gasteiger partial charge in [-0.3, -0.25) is 0 Å². The molecule has 20 heavy (non-hydrogen) atoms. The molecule has 0 aliphatic heterocycles. The van der Waals surface area contributed by atoms with Gasteiger partial charge in [-0.05, 0) is 12.3 Å². The van der Waals surface area contributed by atoms with Gasteiger partial charge in [0, 0.05) is 0 Å². The zero-order valence-corrected chi connectivity index (χ0v) is 12.5. The van der Waals surface area contributed by atoms with Gasteiger partial charge >= 0.3 is 5.97 Å². The number of rotatable bonds is 7. The number of ether oxygens (including phenoxy) is 3. The predicted octanol–water partition coefficient (Wildman–Crippen LogP) is 1.49. The predicted molar refractivity (Wildman–Crippen MR) is 74.0 cm³/mol. The molecule has 0 aromatic carbocycles. The Kier molecular flexibility index (Phi) is 6.02. The van der Waals surface area contributed by atoms with Crippen molar-refractivity contribution in [2.45, 2.75) is 26.3 Å². The molecule has 0 saturated carbocycles. The van der Waals surface area contributed by atoms with E-state index in [4.69, 9.17) is 14.2 Å². The Balaban J connectivity index is 2.94. The Morgan fingerprint density at radius 3 is 2.15 bits per heavy atom. The molecule has 112 valence electrons. The van der Waals surface area contributed by atoms with Gasteiger partial charge in [0.2, 0.25) is 17.7 Å². The van der Waals surface area contributed by atoms with Gasteiger partial charge in [-0.25, -0.2) is 4.79 Å². The molecular formula is C13H21N3O4. The number of carbonyl (C=O) groups is 1. The maximum atomic E-state index is 11.8. The molecule has 1 rings (SSSR count). The molecule has 0 saturated heterocycles. The summed E-state index contributed by atoms with van der Waals surface area (Å²) >= 11 is 0. The fraction of sp³-hybridized carbons (Fsp3) is 0.615.